The average molecular weight is 366 g/mol. The number of H-pyrrole nitrogens is 1. The summed E-state index contributed by atoms with van der Waals surface area (Å²) < 4.78 is 5.33. The van der Waals surface area contributed by atoms with Gasteiger partial charge in [-0.25, -0.2) is 0 Å². The summed E-state index contributed by atoms with van der Waals surface area (Å²) in [6.45, 7) is -0.580. The lowest BCUT2D eigenvalue weighted by Gasteiger charge is -2.41. The van der Waals surface area contributed by atoms with E-state index in [4.69, 9.17) is 4.74 Å². The molecule has 1 aliphatic heterocycles. The van der Waals surface area contributed by atoms with Gasteiger partial charge in [0, 0.05) is 23.5 Å². The van der Waals surface area contributed by atoms with Crippen molar-refractivity contribution in [2.75, 3.05) is 6.61 Å². The Labute approximate surface area is 148 Å². The Kier molecular flexibility index (Phi) is 5.56. The molecular formula is C17H22N2O7. The van der Waals surface area contributed by atoms with E-state index >= 15 is 0 Å². The van der Waals surface area contributed by atoms with Crippen molar-refractivity contribution in [3.63, 3.8) is 0 Å². The molecule has 2 heterocycles. The van der Waals surface area contributed by atoms with Gasteiger partial charge in [0.1, 0.15) is 36.7 Å². The molecule has 142 valence electrons. The van der Waals surface area contributed by atoms with Gasteiger partial charge in [-0.05, 0) is 11.6 Å². The molecule has 2 unspecified atom stereocenters. The van der Waals surface area contributed by atoms with Crippen LogP contribution in [0.25, 0.3) is 10.9 Å². The molecule has 1 fully saturated rings. The second-order valence-corrected chi connectivity index (χ2v) is 6.37. The second kappa shape index (κ2) is 7.70. The fourth-order valence-corrected chi connectivity index (χ4v) is 3.18. The first-order valence-corrected chi connectivity index (χ1v) is 8.26. The molecule has 1 aromatic heterocycles. The van der Waals surface area contributed by atoms with Crippen LogP contribution in [0.5, 0.6) is 0 Å². The summed E-state index contributed by atoms with van der Waals surface area (Å²) in [4.78, 5) is 14.7. The number of para-hydroxylation sites is 1. The topological polar surface area (TPSA) is 155 Å². The molecule has 0 saturated carbocycles. The maximum absolute atomic E-state index is 11.7. The van der Waals surface area contributed by atoms with Crippen molar-refractivity contribution < 1.29 is 35.1 Å². The van der Waals surface area contributed by atoms with Crippen molar-refractivity contribution in [2.45, 2.75) is 43.1 Å². The van der Waals surface area contributed by atoms with Gasteiger partial charge < -0.3 is 35.3 Å². The third-order valence-electron chi connectivity index (χ3n) is 4.65. The highest BCUT2D eigenvalue weighted by atomic mass is 16.6. The summed E-state index contributed by atoms with van der Waals surface area (Å²) in [5.74, 6) is -1.16. The van der Waals surface area contributed by atoms with E-state index in [1.54, 1.807) is 6.20 Å². The molecule has 9 nitrogen and oxygen atoms in total. The standard InChI is InChI=1S/C17H22N2O7/c20-7-12-13(21)14(22)15(23)16(26-12)19-11(17(24)25)5-8-6-18-10-4-2-1-3-9(8)10/h1-4,6,11-16,18-23H,5,7H2,(H,24,25)/t11?,12-,13-,14+,15+,16?/m1/s1. The Morgan fingerprint density at radius 1 is 1.19 bits per heavy atom. The molecule has 1 aliphatic rings. The van der Waals surface area contributed by atoms with E-state index in [-0.39, 0.29) is 6.42 Å². The number of benzene rings is 1. The zero-order valence-electron chi connectivity index (χ0n) is 13.8. The Balaban J connectivity index is 1.77. The molecule has 0 spiro atoms. The monoisotopic (exact) mass is 366 g/mol. The molecule has 1 saturated heterocycles. The van der Waals surface area contributed by atoms with E-state index in [2.05, 4.69) is 10.3 Å². The first-order chi connectivity index (χ1) is 12.4. The number of carboxylic acid groups (broad SMARTS) is 1. The van der Waals surface area contributed by atoms with Crippen LogP contribution in [0.2, 0.25) is 0 Å². The molecule has 1 aromatic carbocycles. The lowest BCUT2D eigenvalue weighted by molar-refractivity contribution is -0.238. The number of hydrogen-bond donors (Lipinski definition) is 7. The normalized spacial score (nSPS) is 30.4. The Bertz CT molecular complexity index is 762. The summed E-state index contributed by atoms with van der Waals surface area (Å²) in [6.07, 6.45) is -5.14. The van der Waals surface area contributed by atoms with Crippen LogP contribution in [0.3, 0.4) is 0 Å². The van der Waals surface area contributed by atoms with E-state index in [9.17, 15) is 30.3 Å². The van der Waals surface area contributed by atoms with Gasteiger partial charge in [0.05, 0.1) is 6.61 Å². The van der Waals surface area contributed by atoms with Gasteiger partial charge in [0.15, 0.2) is 0 Å². The first-order valence-electron chi connectivity index (χ1n) is 8.26. The summed E-state index contributed by atoms with van der Waals surface area (Å²) in [7, 11) is 0. The largest absolute Gasteiger partial charge is 0.480 e. The van der Waals surface area contributed by atoms with E-state index in [0.717, 1.165) is 16.5 Å². The Morgan fingerprint density at radius 2 is 1.92 bits per heavy atom. The van der Waals surface area contributed by atoms with Gasteiger partial charge in [0.25, 0.3) is 0 Å². The Hall–Kier alpha value is -2.01. The summed E-state index contributed by atoms with van der Waals surface area (Å²) >= 11 is 0. The number of aliphatic hydroxyl groups excluding tert-OH is 4. The van der Waals surface area contributed by atoms with Crippen LogP contribution in [0, 0.1) is 0 Å². The smallest absolute Gasteiger partial charge is 0.321 e. The minimum Gasteiger partial charge on any atom is -0.480 e. The number of fused-ring (bicyclic) bond motifs is 1. The molecule has 7 N–H and O–H groups in total. The van der Waals surface area contributed by atoms with Gasteiger partial charge in [-0.3, -0.25) is 10.1 Å². The highest BCUT2D eigenvalue weighted by Gasteiger charge is 2.44. The quantitative estimate of drug-likeness (QED) is 0.328. The maximum atomic E-state index is 11.7. The summed E-state index contributed by atoms with van der Waals surface area (Å²) in [5, 5.41) is 52.0. The van der Waals surface area contributed by atoms with E-state index in [1.165, 1.54) is 0 Å². The molecule has 3 rings (SSSR count). The van der Waals surface area contributed by atoms with E-state index in [1.807, 2.05) is 24.3 Å². The Morgan fingerprint density at radius 3 is 2.62 bits per heavy atom. The van der Waals surface area contributed by atoms with Crippen molar-refractivity contribution in [3.8, 4) is 0 Å². The number of carboxylic acids is 1. The van der Waals surface area contributed by atoms with Crippen molar-refractivity contribution >= 4 is 16.9 Å². The minimum absolute atomic E-state index is 0.106. The third kappa shape index (κ3) is 3.58. The highest BCUT2D eigenvalue weighted by molar-refractivity contribution is 5.84. The lowest BCUT2D eigenvalue weighted by Crippen LogP contribution is -2.64. The highest BCUT2D eigenvalue weighted by Crippen LogP contribution is 2.22. The van der Waals surface area contributed by atoms with Gasteiger partial charge >= 0.3 is 5.97 Å². The molecular weight excluding hydrogens is 344 g/mol. The van der Waals surface area contributed by atoms with Gasteiger partial charge in [-0.1, -0.05) is 18.2 Å². The number of rotatable bonds is 6. The molecule has 26 heavy (non-hydrogen) atoms. The van der Waals surface area contributed by atoms with Crippen molar-refractivity contribution in [1.29, 1.82) is 0 Å². The van der Waals surface area contributed by atoms with E-state index in [0.29, 0.717) is 0 Å². The predicted molar refractivity (Wildman–Crippen MR) is 90.3 cm³/mol. The third-order valence-corrected chi connectivity index (χ3v) is 4.65. The van der Waals surface area contributed by atoms with Crippen LogP contribution in [-0.4, -0.2) is 79.8 Å². The predicted octanol–water partition coefficient (Wildman–Crippen LogP) is -1.45. The average Bonchev–Trinajstić information content (AvgIpc) is 3.04. The zero-order valence-corrected chi connectivity index (χ0v) is 13.8. The molecule has 0 bridgehead atoms. The molecule has 6 atom stereocenters. The van der Waals surface area contributed by atoms with Gasteiger partial charge in [-0.15, -0.1) is 0 Å². The number of hydrogen-bond acceptors (Lipinski definition) is 7. The van der Waals surface area contributed by atoms with Crippen LogP contribution in [0.1, 0.15) is 5.56 Å². The molecule has 0 aliphatic carbocycles. The molecule has 0 amide bonds. The number of carbonyl (C=O) groups is 1. The van der Waals surface area contributed by atoms with Crippen molar-refractivity contribution in [1.82, 2.24) is 10.3 Å². The molecule has 2 aromatic rings. The fourth-order valence-electron chi connectivity index (χ4n) is 3.18. The number of aromatic amines is 1. The number of nitrogens with one attached hydrogen (secondary N) is 2. The van der Waals surface area contributed by atoms with Gasteiger partial charge in [-0.2, -0.15) is 0 Å². The van der Waals surface area contributed by atoms with Crippen LogP contribution < -0.4 is 5.32 Å². The SMILES string of the molecule is O=C(O)C(Cc1c[nH]c2ccccc12)NC1O[C@H](CO)[C@@H](O)[C@H](O)[C@@H]1O. The number of aliphatic carboxylic acids is 1. The van der Waals surface area contributed by atoms with Crippen LogP contribution in [-0.2, 0) is 16.0 Å². The molecule has 0 radical (unpaired) electrons. The minimum atomic E-state index is -1.57. The number of aliphatic hydroxyl groups is 4. The fraction of sp³-hybridized carbons (Fsp3) is 0.471. The van der Waals surface area contributed by atoms with Crippen LogP contribution in [0.15, 0.2) is 30.5 Å². The number of ether oxygens (including phenoxy) is 1. The van der Waals surface area contributed by atoms with E-state index < -0.39 is 49.3 Å². The van der Waals surface area contributed by atoms with Crippen molar-refractivity contribution in [2.24, 2.45) is 0 Å². The second-order valence-electron chi connectivity index (χ2n) is 6.37. The number of aromatic nitrogens is 1. The van der Waals surface area contributed by atoms with Crippen molar-refractivity contribution in [3.05, 3.63) is 36.0 Å². The summed E-state index contributed by atoms with van der Waals surface area (Å²) in [5.41, 5.74) is 1.64. The van der Waals surface area contributed by atoms with Crippen LogP contribution >= 0.6 is 0 Å². The maximum Gasteiger partial charge on any atom is 0.321 e. The zero-order chi connectivity index (χ0) is 18.8. The molecule has 9 heteroatoms. The van der Waals surface area contributed by atoms with Crippen LogP contribution in [0.4, 0.5) is 0 Å². The first kappa shape index (κ1) is 18.8. The van der Waals surface area contributed by atoms with Gasteiger partial charge in [0.2, 0.25) is 0 Å². The lowest BCUT2D eigenvalue weighted by atomic mass is 9.97. The summed E-state index contributed by atoms with van der Waals surface area (Å²) in [6, 6.07) is 6.34.